The summed E-state index contributed by atoms with van der Waals surface area (Å²) in [4.78, 5) is 11.3. The van der Waals surface area contributed by atoms with Gasteiger partial charge in [0.15, 0.2) is 5.76 Å². The zero-order valence-corrected chi connectivity index (χ0v) is 10.4. The molecule has 6 heteroatoms. The molecule has 2 heterocycles. The first-order valence-corrected chi connectivity index (χ1v) is 6.00. The molecule has 1 atom stereocenters. The first-order chi connectivity index (χ1) is 8.70. The maximum Gasteiger partial charge on any atom is 0.301 e. The number of amides is 1. The van der Waals surface area contributed by atoms with Gasteiger partial charge >= 0.3 is 5.91 Å². The summed E-state index contributed by atoms with van der Waals surface area (Å²) in [7, 11) is 0. The molecule has 0 bridgehead atoms. The van der Waals surface area contributed by atoms with Gasteiger partial charge in [-0.15, -0.1) is 0 Å². The monoisotopic (exact) mass is 254 g/mol. The largest absolute Gasteiger partial charge is 0.453 e. The molecule has 2 rings (SSSR count). The van der Waals surface area contributed by atoms with Crippen molar-refractivity contribution < 1.29 is 18.7 Å². The van der Waals surface area contributed by atoms with E-state index in [1.807, 2.05) is 5.43 Å². The van der Waals surface area contributed by atoms with Crippen LogP contribution in [-0.4, -0.2) is 25.2 Å². The fourth-order valence-corrected chi connectivity index (χ4v) is 1.98. The summed E-state index contributed by atoms with van der Waals surface area (Å²) in [5.74, 6) is 5.47. The van der Waals surface area contributed by atoms with Gasteiger partial charge in [-0.25, -0.2) is 5.84 Å². The number of nitrogens with two attached hydrogens (primary N) is 1. The lowest BCUT2D eigenvalue weighted by Gasteiger charge is -2.08. The molecule has 0 spiro atoms. The predicted octanol–water partition coefficient (Wildman–Crippen LogP) is 0.887. The first kappa shape index (κ1) is 13.1. The maximum absolute atomic E-state index is 11.3. The Kier molecular flexibility index (Phi) is 4.35. The number of aryl methyl sites for hydroxylation is 1. The minimum atomic E-state index is -0.433. The van der Waals surface area contributed by atoms with Crippen LogP contribution in [0, 0.1) is 6.92 Å². The van der Waals surface area contributed by atoms with Crippen molar-refractivity contribution in [2.45, 2.75) is 32.5 Å². The molecule has 1 aliphatic rings. The van der Waals surface area contributed by atoms with Crippen LogP contribution in [0.15, 0.2) is 10.5 Å². The molecule has 1 fully saturated rings. The molecular formula is C12H18N2O4. The van der Waals surface area contributed by atoms with Crippen molar-refractivity contribution in [1.29, 1.82) is 0 Å². The Morgan fingerprint density at radius 2 is 2.50 bits per heavy atom. The third-order valence-electron chi connectivity index (χ3n) is 2.88. The maximum atomic E-state index is 11.3. The molecule has 1 aromatic rings. The van der Waals surface area contributed by atoms with Crippen molar-refractivity contribution in [3.8, 4) is 0 Å². The molecule has 1 saturated heterocycles. The lowest BCUT2D eigenvalue weighted by Crippen LogP contribution is -2.30. The average molecular weight is 254 g/mol. The number of hydrogen-bond acceptors (Lipinski definition) is 5. The second kappa shape index (κ2) is 5.99. The Balaban J connectivity index is 1.83. The van der Waals surface area contributed by atoms with E-state index in [4.69, 9.17) is 19.7 Å². The summed E-state index contributed by atoms with van der Waals surface area (Å²) in [5.41, 5.74) is 2.79. The second-order valence-corrected chi connectivity index (χ2v) is 4.35. The molecule has 0 aromatic carbocycles. The number of nitrogens with one attached hydrogen (secondary N) is 1. The van der Waals surface area contributed by atoms with Crippen molar-refractivity contribution in [3.63, 3.8) is 0 Å². The van der Waals surface area contributed by atoms with Gasteiger partial charge in [-0.2, -0.15) is 0 Å². The number of carbonyl (C=O) groups is 1. The summed E-state index contributed by atoms with van der Waals surface area (Å²) in [6, 6.07) is 1.78. The Morgan fingerprint density at radius 1 is 1.67 bits per heavy atom. The molecule has 100 valence electrons. The fraction of sp³-hybridized carbons (Fsp3) is 0.583. The zero-order valence-electron chi connectivity index (χ0n) is 10.4. The highest BCUT2D eigenvalue weighted by Gasteiger charge is 2.17. The molecule has 0 saturated carbocycles. The topological polar surface area (TPSA) is 86.7 Å². The van der Waals surface area contributed by atoms with Crippen molar-refractivity contribution in [2.24, 2.45) is 5.84 Å². The van der Waals surface area contributed by atoms with Crippen molar-refractivity contribution >= 4 is 5.91 Å². The number of nitrogen functional groups attached to an aromatic ring is 1. The molecule has 0 aliphatic carbocycles. The normalized spacial score (nSPS) is 19.1. The van der Waals surface area contributed by atoms with Crippen molar-refractivity contribution in [3.05, 3.63) is 23.2 Å². The van der Waals surface area contributed by atoms with Gasteiger partial charge in [0.25, 0.3) is 0 Å². The van der Waals surface area contributed by atoms with E-state index in [1.54, 1.807) is 13.0 Å². The third-order valence-corrected chi connectivity index (χ3v) is 2.88. The van der Waals surface area contributed by atoms with Crippen LogP contribution < -0.4 is 11.3 Å². The smallest absolute Gasteiger partial charge is 0.301 e. The van der Waals surface area contributed by atoms with Crippen LogP contribution >= 0.6 is 0 Å². The molecule has 18 heavy (non-hydrogen) atoms. The lowest BCUT2D eigenvalue weighted by atomic mass is 10.2. The first-order valence-electron chi connectivity index (χ1n) is 6.00. The number of ether oxygens (including phenoxy) is 2. The zero-order chi connectivity index (χ0) is 13.0. The quantitative estimate of drug-likeness (QED) is 0.463. The number of hydrazine groups is 1. The van der Waals surface area contributed by atoms with E-state index in [1.165, 1.54) is 0 Å². The Morgan fingerprint density at radius 3 is 3.17 bits per heavy atom. The van der Waals surface area contributed by atoms with Crippen molar-refractivity contribution in [2.75, 3.05) is 13.2 Å². The fourth-order valence-electron chi connectivity index (χ4n) is 1.98. The van der Waals surface area contributed by atoms with Gasteiger partial charge in [-0.05, 0) is 25.8 Å². The molecule has 1 amide bonds. The van der Waals surface area contributed by atoms with Crippen LogP contribution in [0.5, 0.6) is 0 Å². The highest BCUT2D eigenvalue weighted by molar-refractivity contribution is 5.92. The van der Waals surface area contributed by atoms with Gasteiger partial charge < -0.3 is 13.9 Å². The SMILES string of the molecule is Cc1cc(COCC2CCCO2)oc1C(=O)NN. The summed E-state index contributed by atoms with van der Waals surface area (Å²) >= 11 is 0. The predicted molar refractivity (Wildman–Crippen MR) is 63.7 cm³/mol. The molecule has 6 nitrogen and oxygen atoms in total. The van der Waals surface area contributed by atoms with Crippen LogP contribution in [0.25, 0.3) is 0 Å². The number of furan rings is 1. The lowest BCUT2D eigenvalue weighted by molar-refractivity contribution is 0.00559. The van der Waals surface area contributed by atoms with E-state index in [9.17, 15) is 4.79 Å². The minimum Gasteiger partial charge on any atom is -0.453 e. The van der Waals surface area contributed by atoms with E-state index in [2.05, 4.69) is 0 Å². The van der Waals surface area contributed by atoms with Crippen LogP contribution in [-0.2, 0) is 16.1 Å². The number of rotatable bonds is 5. The molecule has 3 N–H and O–H groups in total. The van der Waals surface area contributed by atoms with Crippen LogP contribution in [0.4, 0.5) is 0 Å². The van der Waals surface area contributed by atoms with E-state index in [0.717, 1.165) is 25.0 Å². The molecule has 1 aromatic heterocycles. The molecule has 1 aliphatic heterocycles. The summed E-state index contributed by atoms with van der Waals surface area (Å²) in [5, 5.41) is 0. The Hall–Kier alpha value is -1.37. The summed E-state index contributed by atoms with van der Waals surface area (Å²) in [6.45, 7) is 3.49. The average Bonchev–Trinajstić information content (AvgIpc) is 2.98. The standard InChI is InChI=1S/C12H18N2O4/c1-8-5-10(18-11(8)12(15)14-13)7-16-6-9-3-2-4-17-9/h5,9H,2-4,6-7,13H2,1H3,(H,14,15). The van der Waals surface area contributed by atoms with Gasteiger partial charge in [0, 0.05) is 12.2 Å². The molecule has 1 unspecified atom stereocenters. The van der Waals surface area contributed by atoms with Crippen LogP contribution in [0.2, 0.25) is 0 Å². The van der Waals surface area contributed by atoms with E-state index in [0.29, 0.717) is 19.0 Å². The number of carbonyl (C=O) groups excluding carboxylic acids is 1. The van der Waals surface area contributed by atoms with Crippen molar-refractivity contribution in [1.82, 2.24) is 5.43 Å². The van der Waals surface area contributed by atoms with Gasteiger partial charge in [0.05, 0.1) is 12.7 Å². The molecular weight excluding hydrogens is 236 g/mol. The van der Waals surface area contributed by atoms with E-state index in [-0.39, 0.29) is 11.9 Å². The van der Waals surface area contributed by atoms with E-state index >= 15 is 0 Å². The van der Waals surface area contributed by atoms with Gasteiger partial charge in [-0.3, -0.25) is 10.2 Å². The third kappa shape index (κ3) is 3.10. The minimum absolute atomic E-state index is 0.188. The van der Waals surface area contributed by atoms with Gasteiger partial charge in [-0.1, -0.05) is 0 Å². The highest BCUT2D eigenvalue weighted by Crippen LogP contribution is 2.17. The molecule has 0 radical (unpaired) electrons. The number of hydrogen-bond donors (Lipinski definition) is 2. The summed E-state index contributed by atoms with van der Waals surface area (Å²) < 4.78 is 16.3. The van der Waals surface area contributed by atoms with E-state index < -0.39 is 5.91 Å². The van der Waals surface area contributed by atoms with Crippen LogP contribution in [0.3, 0.4) is 0 Å². The van der Waals surface area contributed by atoms with Crippen LogP contribution in [0.1, 0.15) is 34.7 Å². The Labute approximate surface area is 105 Å². The Bertz CT molecular complexity index is 410. The van der Waals surface area contributed by atoms with Gasteiger partial charge in [0.1, 0.15) is 12.4 Å². The summed E-state index contributed by atoms with van der Waals surface area (Å²) in [6.07, 6.45) is 2.32. The van der Waals surface area contributed by atoms with Gasteiger partial charge in [0.2, 0.25) is 0 Å². The highest BCUT2D eigenvalue weighted by atomic mass is 16.5. The second-order valence-electron chi connectivity index (χ2n) is 4.35.